The number of nitrogen functional groups attached to an aromatic ring is 1. The van der Waals surface area contributed by atoms with Gasteiger partial charge in [-0.3, -0.25) is 0 Å². The summed E-state index contributed by atoms with van der Waals surface area (Å²) in [6.07, 6.45) is 3.06. The summed E-state index contributed by atoms with van der Waals surface area (Å²) >= 11 is 0. The molecule has 1 rings (SSSR count). The third kappa shape index (κ3) is 0.660. The number of nitrogens with two attached hydrogens (primary N) is 1. The van der Waals surface area contributed by atoms with Crippen molar-refractivity contribution in [2.45, 2.75) is 0 Å². The van der Waals surface area contributed by atoms with Gasteiger partial charge in [-0.15, -0.1) is 10.2 Å². The molecule has 5 heteroatoms. The van der Waals surface area contributed by atoms with Crippen LogP contribution in [0.5, 0.6) is 0 Å². The summed E-state index contributed by atoms with van der Waals surface area (Å²) in [6, 6.07) is 0. The van der Waals surface area contributed by atoms with E-state index >= 15 is 0 Å². The molecular weight excluding hydrogens is 94.1 g/mol. The third-order valence-corrected chi connectivity index (χ3v) is 0.534. The van der Waals surface area contributed by atoms with E-state index in [0.29, 0.717) is 0 Å². The van der Waals surface area contributed by atoms with Crippen molar-refractivity contribution in [3.8, 4) is 0 Å². The molecule has 0 amide bonds. The molecule has 0 fully saturated rings. The van der Waals surface area contributed by atoms with Crippen LogP contribution >= 0.6 is 0 Å². The SMILES string of the molecule is NNn1nccn1. The highest BCUT2D eigenvalue weighted by Gasteiger charge is 1.77. The molecule has 5 nitrogen and oxygen atoms in total. The minimum atomic E-state index is 1.15. The van der Waals surface area contributed by atoms with E-state index in [1.807, 2.05) is 0 Å². The maximum atomic E-state index is 4.88. The molecule has 0 aliphatic heterocycles. The molecule has 1 aromatic heterocycles. The third-order valence-electron chi connectivity index (χ3n) is 0.534. The quantitative estimate of drug-likeness (QED) is 0.339. The summed E-state index contributed by atoms with van der Waals surface area (Å²) in [6.45, 7) is 0. The second kappa shape index (κ2) is 1.57. The van der Waals surface area contributed by atoms with E-state index in [4.69, 9.17) is 5.84 Å². The van der Waals surface area contributed by atoms with Gasteiger partial charge in [-0.05, 0) is 0 Å². The highest BCUT2D eigenvalue weighted by molar-refractivity contribution is 4.60. The molecule has 0 aromatic carbocycles. The van der Waals surface area contributed by atoms with Crippen LogP contribution in [0.25, 0.3) is 0 Å². The van der Waals surface area contributed by atoms with E-state index in [0.717, 1.165) is 4.91 Å². The van der Waals surface area contributed by atoms with Gasteiger partial charge in [0, 0.05) is 0 Å². The van der Waals surface area contributed by atoms with Crippen LogP contribution in [0.15, 0.2) is 12.4 Å². The molecule has 38 valence electrons. The molecule has 0 saturated heterocycles. The van der Waals surface area contributed by atoms with Gasteiger partial charge in [-0.2, -0.15) is 0 Å². The van der Waals surface area contributed by atoms with Crippen LogP contribution in [0, 0.1) is 0 Å². The van der Waals surface area contributed by atoms with Crippen LogP contribution in [0.2, 0.25) is 0 Å². The molecule has 3 N–H and O–H groups in total. The first-order chi connectivity index (χ1) is 3.43. The molecule has 0 unspecified atom stereocenters. The smallest absolute Gasteiger partial charge is 0.0715 e. The first-order valence-electron chi connectivity index (χ1n) is 1.76. The predicted molar refractivity (Wildman–Crippen MR) is 23.6 cm³/mol. The fourth-order valence-corrected chi connectivity index (χ4v) is 0.282. The number of nitrogens with one attached hydrogen (secondary N) is 1. The number of rotatable bonds is 1. The Morgan fingerprint density at radius 3 is 2.29 bits per heavy atom. The summed E-state index contributed by atoms with van der Waals surface area (Å²) in [5, 5.41) is 7.21. The lowest BCUT2D eigenvalue weighted by Crippen LogP contribution is -2.23. The molecule has 0 atom stereocenters. The molecule has 0 aliphatic carbocycles. The zero-order chi connectivity index (χ0) is 5.11. The lowest BCUT2D eigenvalue weighted by atomic mass is 11.0. The lowest BCUT2D eigenvalue weighted by molar-refractivity contribution is 0.649. The summed E-state index contributed by atoms with van der Waals surface area (Å²) in [5.74, 6) is 4.88. The van der Waals surface area contributed by atoms with Crippen molar-refractivity contribution < 1.29 is 0 Å². The highest BCUT2D eigenvalue weighted by atomic mass is 15.7. The fraction of sp³-hybridized carbons (Fsp3) is 0. The second-order valence-electron chi connectivity index (χ2n) is 0.948. The van der Waals surface area contributed by atoms with Gasteiger partial charge < -0.3 is 0 Å². The zero-order valence-corrected chi connectivity index (χ0v) is 3.57. The number of aromatic nitrogens is 3. The van der Waals surface area contributed by atoms with Crippen molar-refractivity contribution in [1.29, 1.82) is 0 Å². The van der Waals surface area contributed by atoms with Crippen molar-refractivity contribution in [3.05, 3.63) is 12.4 Å². The van der Waals surface area contributed by atoms with Crippen molar-refractivity contribution in [2.24, 2.45) is 5.84 Å². The molecule has 0 bridgehead atoms. The standard InChI is InChI=1S/C2H5N5/c3-6-7-4-1-2-5-7/h1-2,6H,3H2. The minimum absolute atomic E-state index is 1.15. The number of nitrogens with zero attached hydrogens (tertiary/aromatic N) is 3. The highest BCUT2D eigenvalue weighted by Crippen LogP contribution is 1.64. The summed E-state index contributed by atoms with van der Waals surface area (Å²) in [5.41, 5.74) is 2.20. The number of hydrogen-bond donors (Lipinski definition) is 2. The van der Waals surface area contributed by atoms with Crippen molar-refractivity contribution in [3.63, 3.8) is 0 Å². The van der Waals surface area contributed by atoms with E-state index in [1.165, 1.54) is 12.4 Å². The Hall–Kier alpha value is -1.10. The van der Waals surface area contributed by atoms with E-state index in [9.17, 15) is 0 Å². The maximum Gasteiger partial charge on any atom is 0.0715 e. The maximum absolute atomic E-state index is 4.88. The number of hydrazine groups is 1. The average molecular weight is 99.1 g/mol. The largest absolute Gasteiger partial charge is 0.233 e. The topological polar surface area (TPSA) is 68.8 Å². The molecule has 0 saturated carbocycles. The first kappa shape index (κ1) is 4.07. The fourth-order valence-electron chi connectivity index (χ4n) is 0.282. The Balaban J connectivity index is 2.76. The zero-order valence-electron chi connectivity index (χ0n) is 3.57. The Bertz CT molecular complexity index is 121. The number of hydrogen-bond acceptors (Lipinski definition) is 4. The van der Waals surface area contributed by atoms with E-state index in [1.54, 1.807) is 0 Å². The summed E-state index contributed by atoms with van der Waals surface area (Å²) in [4.78, 5) is 1.15. The monoisotopic (exact) mass is 99.1 g/mol. The Kier molecular flexibility index (Phi) is 0.910. The molecule has 7 heavy (non-hydrogen) atoms. The molecule has 0 radical (unpaired) electrons. The average Bonchev–Trinajstić information content (AvgIpc) is 2.14. The van der Waals surface area contributed by atoms with Crippen LogP contribution in [0.4, 0.5) is 0 Å². The molecule has 0 aliphatic rings. The van der Waals surface area contributed by atoms with E-state index < -0.39 is 0 Å². The van der Waals surface area contributed by atoms with Crippen LogP contribution in [-0.4, -0.2) is 15.1 Å². The van der Waals surface area contributed by atoms with Gasteiger partial charge in [0.05, 0.1) is 12.4 Å². The van der Waals surface area contributed by atoms with Gasteiger partial charge in [0.15, 0.2) is 0 Å². The normalized spacial score (nSPS) is 8.71. The van der Waals surface area contributed by atoms with Gasteiger partial charge in [0.2, 0.25) is 0 Å². The van der Waals surface area contributed by atoms with Gasteiger partial charge in [-0.25, -0.2) is 11.4 Å². The van der Waals surface area contributed by atoms with Crippen LogP contribution in [0.1, 0.15) is 0 Å². The first-order valence-corrected chi connectivity index (χ1v) is 1.76. The molecular formula is C2H5N5. The summed E-state index contributed by atoms with van der Waals surface area (Å²) < 4.78 is 0. The van der Waals surface area contributed by atoms with E-state index in [-0.39, 0.29) is 0 Å². The van der Waals surface area contributed by atoms with Gasteiger partial charge in [-0.1, -0.05) is 4.91 Å². The Labute approximate surface area is 40.1 Å². The molecule has 0 spiro atoms. The summed E-state index contributed by atoms with van der Waals surface area (Å²) in [7, 11) is 0. The predicted octanol–water partition coefficient (Wildman–Crippen LogP) is -1.30. The molecule has 1 heterocycles. The van der Waals surface area contributed by atoms with Gasteiger partial charge >= 0.3 is 0 Å². The minimum Gasteiger partial charge on any atom is -0.233 e. The van der Waals surface area contributed by atoms with E-state index in [2.05, 4.69) is 15.7 Å². The van der Waals surface area contributed by atoms with Gasteiger partial charge in [0.25, 0.3) is 0 Å². The second-order valence-corrected chi connectivity index (χ2v) is 0.948. The van der Waals surface area contributed by atoms with Crippen molar-refractivity contribution in [2.75, 3.05) is 5.53 Å². The Morgan fingerprint density at radius 1 is 1.43 bits per heavy atom. The lowest BCUT2D eigenvalue weighted by Gasteiger charge is -1.89. The Morgan fingerprint density at radius 2 is 2.00 bits per heavy atom. The van der Waals surface area contributed by atoms with Gasteiger partial charge in [0.1, 0.15) is 0 Å². The van der Waals surface area contributed by atoms with Crippen molar-refractivity contribution >= 4 is 0 Å². The van der Waals surface area contributed by atoms with Crippen LogP contribution < -0.4 is 11.4 Å². The van der Waals surface area contributed by atoms with Crippen LogP contribution in [0.3, 0.4) is 0 Å². The molecule has 1 aromatic rings. The van der Waals surface area contributed by atoms with Crippen LogP contribution in [-0.2, 0) is 0 Å². The van der Waals surface area contributed by atoms with Crippen molar-refractivity contribution in [1.82, 2.24) is 15.1 Å².